The van der Waals surface area contributed by atoms with Crippen LogP contribution in [0.3, 0.4) is 0 Å². The zero-order valence-electron chi connectivity index (χ0n) is 17.1. The fraction of sp³-hybridized carbons (Fsp3) is 0.304. The molecule has 1 amide bonds. The smallest absolute Gasteiger partial charge is 0.269 e. The van der Waals surface area contributed by atoms with Crippen LogP contribution in [0.1, 0.15) is 30.9 Å². The van der Waals surface area contributed by atoms with E-state index in [0.717, 1.165) is 11.3 Å². The molecular weight excluding hydrogens is 380 g/mol. The Labute approximate surface area is 176 Å². The minimum atomic E-state index is -0.424. The van der Waals surface area contributed by atoms with E-state index in [-0.39, 0.29) is 17.2 Å². The maximum atomic E-state index is 12.8. The van der Waals surface area contributed by atoms with E-state index in [9.17, 15) is 20.2 Å². The van der Waals surface area contributed by atoms with Gasteiger partial charge in [-0.2, -0.15) is 5.26 Å². The summed E-state index contributed by atoms with van der Waals surface area (Å²) in [6.07, 6.45) is 1.63. The Hall–Kier alpha value is -3.66. The van der Waals surface area contributed by atoms with Crippen molar-refractivity contribution in [1.82, 2.24) is 4.90 Å². The number of carbonyl (C=O) groups is 1. The van der Waals surface area contributed by atoms with Gasteiger partial charge in [0, 0.05) is 44.0 Å². The molecule has 3 rings (SSSR count). The summed E-state index contributed by atoms with van der Waals surface area (Å²) < 4.78 is 0. The third-order valence-corrected chi connectivity index (χ3v) is 5.26. The van der Waals surface area contributed by atoms with Gasteiger partial charge in [0.1, 0.15) is 11.6 Å². The summed E-state index contributed by atoms with van der Waals surface area (Å²) in [6, 6.07) is 16.3. The third-order valence-electron chi connectivity index (χ3n) is 5.26. The first-order valence-corrected chi connectivity index (χ1v) is 9.89. The van der Waals surface area contributed by atoms with Gasteiger partial charge in [-0.15, -0.1) is 0 Å². The lowest BCUT2D eigenvalue weighted by atomic mass is 10.0. The molecule has 0 saturated carbocycles. The van der Waals surface area contributed by atoms with Gasteiger partial charge in [0.05, 0.1) is 4.92 Å². The monoisotopic (exact) mass is 404 g/mol. The van der Waals surface area contributed by atoms with Crippen LogP contribution >= 0.6 is 0 Å². The number of anilines is 1. The molecule has 0 spiro atoms. The minimum Gasteiger partial charge on any atom is -0.368 e. The fourth-order valence-corrected chi connectivity index (χ4v) is 3.41. The second-order valence-corrected chi connectivity index (χ2v) is 7.54. The van der Waals surface area contributed by atoms with Crippen molar-refractivity contribution in [2.45, 2.75) is 19.8 Å². The maximum absolute atomic E-state index is 12.8. The highest BCUT2D eigenvalue weighted by molar-refractivity contribution is 6.01. The maximum Gasteiger partial charge on any atom is 0.269 e. The molecule has 7 nitrogen and oxygen atoms in total. The predicted octanol–water partition coefficient (Wildman–Crippen LogP) is 3.97. The molecule has 1 heterocycles. The molecule has 0 aliphatic carbocycles. The van der Waals surface area contributed by atoms with Crippen molar-refractivity contribution in [2.75, 3.05) is 31.1 Å². The summed E-state index contributed by atoms with van der Waals surface area (Å²) in [5.41, 5.74) is 3.09. The second kappa shape index (κ2) is 9.23. The normalized spacial score (nSPS) is 14.5. The first-order chi connectivity index (χ1) is 14.4. The molecule has 154 valence electrons. The van der Waals surface area contributed by atoms with E-state index in [4.69, 9.17) is 0 Å². The number of rotatable bonds is 5. The van der Waals surface area contributed by atoms with Crippen LogP contribution in [0.15, 0.2) is 54.1 Å². The van der Waals surface area contributed by atoms with Gasteiger partial charge in [-0.1, -0.05) is 38.1 Å². The Morgan fingerprint density at radius 1 is 1.07 bits per heavy atom. The first kappa shape index (κ1) is 21.1. The molecule has 1 aliphatic heterocycles. The summed E-state index contributed by atoms with van der Waals surface area (Å²) in [6.45, 7) is 6.41. The Bertz CT molecular complexity index is 981. The zero-order chi connectivity index (χ0) is 21.7. The van der Waals surface area contributed by atoms with Crippen LogP contribution in [0.4, 0.5) is 11.4 Å². The van der Waals surface area contributed by atoms with Crippen LogP contribution in [0.2, 0.25) is 0 Å². The lowest BCUT2D eigenvalue weighted by molar-refractivity contribution is -0.384. The number of hydrogen-bond acceptors (Lipinski definition) is 5. The van der Waals surface area contributed by atoms with E-state index in [1.54, 1.807) is 23.1 Å². The molecule has 30 heavy (non-hydrogen) atoms. The van der Waals surface area contributed by atoms with E-state index in [0.29, 0.717) is 32.1 Å². The highest BCUT2D eigenvalue weighted by Gasteiger charge is 2.24. The summed E-state index contributed by atoms with van der Waals surface area (Å²) in [7, 11) is 0. The average Bonchev–Trinajstić information content (AvgIpc) is 2.77. The van der Waals surface area contributed by atoms with Crippen molar-refractivity contribution in [3.05, 3.63) is 75.3 Å². The van der Waals surface area contributed by atoms with Crippen LogP contribution in [0.25, 0.3) is 6.08 Å². The number of benzene rings is 2. The quantitative estimate of drug-likeness (QED) is 0.325. The molecule has 2 aromatic carbocycles. The molecule has 7 heteroatoms. The number of piperazine rings is 1. The molecule has 2 aromatic rings. The van der Waals surface area contributed by atoms with Gasteiger partial charge in [0.25, 0.3) is 11.6 Å². The van der Waals surface area contributed by atoms with Crippen LogP contribution in [0.5, 0.6) is 0 Å². The molecule has 1 fully saturated rings. The molecule has 0 unspecified atom stereocenters. The minimum absolute atomic E-state index is 0.0535. The Morgan fingerprint density at radius 3 is 2.17 bits per heavy atom. The van der Waals surface area contributed by atoms with E-state index in [1.807, 2.05) is 30.3 Å². The topological polar surface area (TPSA) is 90.5 Å². The summed E-state index contributed by atoms with van der Waals surface area (Å²) in [5.74, 6) is 0.154. The van der Waals surface area contributed by atoms with Crippen LogP contribution in [0, 0.1) is 21.4 Å². The number of non-ortho nitro benzene ring substituents is 1. The molecule has 0 radical (unpaired) electrons. The number of hydrogen-bond donors (Lipinski definition) is 0. The third kappa shape index (κ3) is 4.84. The van der Waals surface area contributed by atoms with E-state index in [2.05, 4.69) is 18.7 Å². The van der Waals surface area contributed by atoms with E-state index < -0.39 is 4.92 Å². The van der Waals surface area contributed by atoms with Crippen molar-refractivity contribution in [1.29, 1.82) is 5.26 Å². The number of nitrogens with zero attached hydrogens (tertiary/aromatic N) is 4. The number of amides is 1. The van der Waals surface area contributed by atoms with Gasteiger partial charge in [0.2, 0.25) is 0 Å². The van der Waals surface area contributed by atoms with Crippen LogP contribution < -0.4 is 4.90 Å². The van der Waals surface area contributed by atoms with Gasteiger partial charge >= 0.3 is 0 Å². The second-order valence-electron chi connectivity index (χ2n) is 7.54. The largest absolute Gasteiger partial charge is 0.368 e. The lowest BCUT2D eigenvalue weighted by Gasteiger charge is -2.36. The Morgan fingerprint density at radius 2 is 1.67 bits per heavy atom. The average molecular weight is 404 g/mol. The first-order valence-electron chi connectivity index (χ1n) is 9.89. The predicted molar refractivity (Wildman–Crippen MR) is 116 cm³/mol. The van der Waals surface area contributed by atoms with E-state index in [1.165, 1.54) is 17.7 Å². The van der Waals surface area contributed by atoms with Gasteiger partial charge in [0.15, 0.2) is 0 Å². The molecule has 1 aliphatic rings. The summed E-state index contributed by atoms with van der Waals surface area (Å²) in [4.78, 5) is 26.9. The SMILES string of the molecule is CC(C)c1ccc(/C=C(\C#N)C(=O)N2CCN(c3ccc([N+](=O)[O-])cc3)CC2)cc1. The van der Waals surface area contributed by atoms with Crippen molar-refractivity contribution >= 4 is 23.4 Å². The number of nitriles is 1. The van der Waals surface area contributed by atoms with Gasteiger partial charge in [-0.3, -0.25) is 14.9 Å². The molecule has 0 bridgehead atoms. The molecule has 0 N–H and O–H groups in total. The van der Waals surface area contributed by atoms with Crippen molar-refractivity contribution in [3.8, 4) is 6.07 Å². The Balaban J connectivity index is 1.64. The van der Waals surface area contributed by atoms with Crippen molar-refractivity contribution < 1.29 is 9.72 Å². The number of carbonyl (C=O) groups excluding carboxylic acids is 1. The molecular formula is C23H24N4O3. The molecule has 1 saturated heterocycles. The zero-order valence-corrected chi connectivity index (χ0v) is 17.1. The standard InChI is InChI=1S/C23H24N4O3/c1-17(2)19-5-3-18(4-6-19)15-20(16-24)23(28)26-13-11-25(12-14-26)21-7-9-22(10-8-21)27(29)30/h3-10,15,17H,11-14H2,1-2H3/b20-15+. The highest BCUT2D eigenvalue weighted by Crippen LogP contribution is 2.21. The van der Waals surface area contributed by atoms with E-state index >= 15 is 0 Å². The summed E-state index contributed by atoms with van der Waals surface area (Å²) in [5, 5.41) is 20.3. The number of nitro benzene ring substituents is 1. The highest BCUT2D eigenvalue weighted by atomic mass is 16.6. The number of nitro groups is 1. The van der Waals surface area contributed by atoms with Gasteiger partial charge in [-0.25, -0.2) is 0 Å². The van der Waals surface area contributed by atoms with Crippen molar-refractivity contribution in [2.24, 2.45) is 0 Å². The molecule has 0 atom stereocenters. The lowest BCUT2D eigenvalue weighted by Crippen LogP contribution is -2.49. The summed E-state index contributed by atoms with van der Waals surface area (Å²) >= 11 is 0. The Kier molecular flexibility index (Phi) is 6.48. The molecule has 0 aromatic heterocycles. The van der Waals surface area contributed by atoms with Crippen molar-refractivity contribution in [3.63, 3.8) is 0 Å². The van der Waals surface area contributed by atoms with Crippen LogP contribution in [-0.2, 0) is 4.79 Å². The van der Waals surface area contributed by atoms with Crippen LogP contribution in [-0.4, -0.2) is 41.9 Å². The van der Waals surface area contributed by atoms with Gasteiger partial charge in [-0.05, 0) is 35.3 Å². The fourth-order valence-electron chi connectivity index (χ4n) is 3.41. The van der Waals surface area contributed by atoms with Gasteiger partial charge < -0.3 is 9.80 Å².